The molecule has 4 fully saturated rings. The Morgan fingerprint density at radius 1 is 0.917 bits per heavy atom. The van der Waals surface area contributed by atoms with Crippen molar-refractivity contribution in [3.63, 3.8) is 0 Å². The zero-order chi connectivity index (χ0) is 17.1. The van der Waals surface area contributed by atoms with Crippen LogP contribution in [0, 0.1) is 40.4 Å². The first-order valence-corrected chi connectivity index (χ1v) is 10.4. The van der Waals surface area contributed by atoms with Crippen molar-refractivity contribution in [2.45, 2.75) is 83.8 Å². The highest BCUT2D eigenvalue weighted by molar-refractivity contribution is 5.10. The molecule has 0 heterocycles. The van der Waals surface area contributed by atoms with Gasteiger partial charge in [-0.1, -0.05) is 13.8 Å². The second-order valence-corrected chi connectivity index (χ2v) is 10.1. The molecular formula is C21H36O3. The van der Waals surface area contributed by atoms with Gasteiger partial charge in [-0.2, -0.15) is 0 Å². The van der Waals surface area contributed by atoms with Crippen molar-refractivity contribution in [3.8, 4) is 0 Å². The molecule has 3 unspecified atom stereocenters. The Morgan fingerprint density at radius 3 is 2.38 bits per heavy atom. The normalized spacial score (nSPS) is 55.4. The lowest BCUT2D eigenvalue weighted by Gasteiger charge is -2.61. The Labute approximate surface area is 146 Å². The minimum Gasteiger partial charge on any atom is -0.394 e. The predicted octanol–water partition coefficient (Wildman–Crippen LogP) is 3.36. The highest BCUT2D eigenvalue weighted by Gasteiger charge is 2.60. The van der Waals surface area contributed by atoms with E-state index in [1.807, 2.05) is 0 Å². The molecule has 3 heteroatoms. The van der Waals surface area contributed by atoms with E-state index in [0.717, 1.165) is 37.0 Å². The Morgan fingerprint density at radius 2 is 1.62 bits per heavy atom. The van der Waals surface area contributed by atoms with Crippen LogP contribution in [0.1, 0.15) is 71.6 Å². The smallest absolute Gasteiger partial charge is 0.0804 e. The summed E-state index contributed by atoms with van der Waals surface area (Å²) in [7, 11) is 0. The minimum absolute atomic E-state index is 0.0657. The first-order valence-electron chi connectivity index (χ1n) is 10.4. The van der Waals surface area contributed by atoms with Crippen LogP contribution in [0.15, 0.2) is 0 Å². The zero-order valence-electron chi connectivity index (χ0n) is 15.5. The first-order chi connectivity index (χ1) is 11.4. The molecule has 4 aliphatic rings. The van der Waals surface area contributed by atoms with E-state index < -0.39 is 6.10 Å². The Balaban J connectivity index is 1.59. The van der Waals surface area contributed by atoms with E-state index >= 15 is 0 Å². The maximum absolute atomic E-state index is 10.3. The maximum atomic E-state index is 10.3. The third kappa shape index (κ3) is 2.34. The second kappa shape index (κ2) is 5.96. The molecule has 4 aliphatic carbocycles. The van der Waals surface area contributed by atoms with E-state index in [4.69, 9.17) is 0 Å². The van der Waals surface area contributed by atoms with Gasteiger partial charge >= 0.3 is 0 Å². The molecule has 3 N–H and O–H groups in total. The molecule has 24 heavy (non-hydrogen) atoms. The molecule has 0 aromatic heterocycles. The summed E-state index contributed by atoms with van der Waals surface area (Å²) in [6.07, 6.45) is 10.0. The van der Waals surface area contributed by atoms with Crippen LogP contribution in [0.3, 0.4) is 0 Å². The molecule has 0 spiro atoms. The second-order valence-electron chi connectivity index (χ2n) is 10.1. The average Bonchev–Trinajstić information content (AvgIpc) is 2.92. The van der Waals surface area contributed by atoms with Crippen molar-refractivity contribution in [3.05, 3.63) is 0 Å². The van der Waals surface area contributed by atoms with Gasteiger partial charge in [-0.15, -0.1) is 0 Å². The topological polar surface area (TPSA) is 60.7 Å². The molecule has 3 nitrogen and oxygen atoms in total. The van der Waals surface area contributed by atoms with Gasteiger partial charge in [0.05, 0.1) is 18.8 Å². The summed E-state index contributed by atoms with van der Waals surface area (Å²) in [5.41, 5.74) is 0.651. The van der Waals surface area contributed by atoms with E-state index in [0.29, 0.717) is 11.3 Å². The van der Waals surface area contributed by atoms with Gasteiger partial charge < -0.3 is 15.3 Å². The third-order valence-corrected chi connectivity index (χ3v) is 9.36. The molecule has 0 aromatic carbocycles. The summed E-state index contributed by atoms with van der Waals surface area (Å²) in [6, 6.07) is 0. The van der Waals surface area contributed by atoms with Crippen LogP contribution in [0.5, 0.6) is 0 Å². The Hall–Kier alpha value is -0.120. The lowest BCUT2D eigenvalue weighted by atomic mass is 9.44. The standard InChI is InChI=1S/C21H36O3/c1-20-9-7-14(23)11-13(20)3-4-15-16-5-6-18(19(24)12-22)21(16,2)10-8-17(15)20/h13-19,22-24H,3-12H2,1-2H3/t13?,14?,15-,16-,17-,18+,19?,20-,21-/m0/s1. The van der Waals surface area contributed by atoms with Crippen LogP contribution in [-0.4, -0.2) is 34.1 Å². The fraction of sp³-hybridized carbons (Fsp3) is 1.00. The molecular weight excluding hydrogens is 300 g/mol. The van der Waals surface area contributed by atoms with Gasteiger partial charge in [-0.25, -0.2) is 0 Å². The van der Waals surface area contributed by atoms with Crippen molar-refractivity contribution in [1.82, 2.24) is 0 Å². The SMILES string of the molecule is C[C@]12CC[C@H]3[C@@H](CCC4CC(O)CC[C@@]43C)[C@@H]1CC[C@@H]2C(O)CO. The van der Waals surface area contributed by atoms with Crippen LogP contribution < -0.4 is 0 Å². The Kier molecular flexibility index (Phi) is 4.29. The van der Waals surface area contributed by atoms with Crippen LogP contribution in [0.4, 0.5) is 0 Å². The third-order valence-electron chi connectivity index (χ3n) is 9.36. The number of hydrogen-bond acceptors (Lipinski definition) is 3. The minimum atomic E-state index is -0.534. The van der Waals surface area contributed by atoms with E-state index in [9.17, 15) is 15.3 Å². The largest absolute Gasteiger partial charge is 0.394 e. The number of aliphatic hydroxyl groups is 3. The van der Waals surface area contributed by atoms with Gasteiger partial charge in [0.25, 0.3) is 0 Å². The number of fused-ring (bicyclic) bond motifs is 5. The van der Waals surface area contributed by atoms with E-state index in [1.165, 1.54) is 38.5 Å². The maximum Gasteiger partial charge on any atom is 0.0804 e. The molecule has 0 aliphatic heterocycles. The summed E-state index contributed by atoms with van der Waals surface area (Å²) in [5.74, 6) is 3.34. The van der Waals surface area contributed by atoms with Crippen molar-refractivity contribution in [2.75, 3.05) is 6.61 Å². The van der Waals surface area contributed by atoms with Crippen molar-refractivity contribution in [2.24, 2.45) is 40.4 Å². The van der Waals surface area contributed by atoms with Gasteiger partial charge in [0.2, 0.25) is 0 Å². The van der Waals surface area contributed by atoms with Crippen LogP contribution in [-0.2, 0) is 0 Å². The van der Waals surface area contributed by atoms with Gasteiger partial charge in [0.15, 0.2) is 0 Å². The van der Waals surface area contributed by atoms with Gasteiger partial charge in [0.1, 0.15) is 0 Å². The first kappa shape index (κ1) is 17.3. The van der Waals surface area contributed by atoms with E-state index in [-0.39, 0.29) is 24.0 Å². The summed E-state index contributed by atoms with van der Waals surface area (Å²) in [6.45, 7) is 4.85. The van der Waals surface area contributed by atoms with Crippen molar-refractivity contribution < 1.29 is 15.3 Å². The lowest BCUT2D eigenvalue weighted by Crippen LogP contribution is -2.54. The monoisotopic (exact) mass is 336 g/mol. The van der Waals surface area contributed by atoms with Gasteiger partial charge in [-0.3, -0.25) is 0 Å². The van der Waals surface area contributed by atoms with Gasteiger partial charge in [0, 0.05) is 0 Å². The summed E-state index contributed by atoms with van der Waals surface area (Å²) >= 11 is 0. The molecule has 0 amide bonds. The molecule has 9 atom stereocenters. The number of aliphatic hydroxyl groups excluding tert-OH is 3. The molecule has 0 saturated heterocycles. The van der Waals surface area contributed by atoms with Crippen molar-refractivity contribution >= 4 is 0 Å². The summed E-state index contributed by atoms with van der Waals surface area (Å²) < 4.78 is 0. The van der Waals surface area contributed by atoms with E-state index in [2.05, 4.69) is 13.8 Å². The van der Waals surface area contributed by atoms with E-state index in [1.54, 1.807) is 0 Å². The number of rotatable bonds is 2. The molecule has 0 bridgehead atoms. The summed E-state index contributed by atoms with van der Waals surface area (Å²) in [5, 5.41) is 29.9. The van der Waals surface area contributed by atoms with Crippen LogP contribution in [0.25, 0.3) is 0 Å². The highest BCUT2D eigenvalue weighted by Crippen LogP contribution is 2.67. The van der Waals surface area contributed by atoms with Crippen LogP contribution >= 0.6 is 0 Å². The number of hydrogen-bond donors (Lipinski definition) is 3. The fourth-order valence-electron chi connectivity index (χ4n) is 8.04. The molecule has 0 radical (unpaired) electrons. The van der Waals surface area contributed by atoms with Crippen LogP contribution in [0.2, 0.25) is 0 Å². The molecule has 0 aromatic rings. The Bertz CT molecular complexity index is 480. The zero-order valence-corrected chi connectivity index (χ0v) is 15.5. The fourth-order valence-corrected chi connectivity index (χ4v) is 8.04. The average molecular weight is 337 g/mol. The lowest BCUT2D eigenvalue weighted by molar-refractivity contribution is -0.134. The van der Waals surface area contributed by atoms with Crippen molar-refractivity contribution in [1.29, 1.82) is 0 Å². The quantitative estimate of drug-likeness (QED) is 0.724. The molecule has 4 saturated carbocycles. The predicted molar refractivity (Wildman–Crippen MR) is 94.3 cm³/mol. The van der Waals surface area contributed by atoms with Gasteiger partial charge in [-0.05, 0) is 98.2 Å². The highest BCUT2D eigenvalue weighted by atomic mass is 16.3. The molecule has 138 valence electrons. The molecule has 4 rings (SSSR count). The summed E-state index contributed by atoms with van der Waals surface area (Å²) in [4.78, 5) is 0.